The van der Waals surface area contributed by atoms with Crippen molar-refractivity contribution in [2.45, 2.75) is 115 Å². The van der Waals surface area contributed by atoms with Crippen molar-refractivity contribution in [1.29, 1.82) is 0 Å². The Labute approximate surface area is 186 Å². The number of aliphatic hydroxyl groups excluding tert-OH is 5. The van der Waals surface area contributed by atoms with E-state index in [4.69, 9.17) is 14.6 Å². The summed E-state index contributed by atoms with van der Waals surface area (Å²) in [7, 11) is 0. The smallest absolute Gasteiger partial charge is 0.335 e. The maximum absolute atomic E-state index is 10.9. The zero-order valence-electron chi connectivity index (χ0n) is 19.1. The number of aliphatic hydroxyl groups is 5. The molecule has 9 nitrogen and oxygen atoms in total. The molecule has 0 aliphatic heterocycles. The highest BCUT2D eigenvalue weighted by molar-refractivity contribution is 5.72. The number of carboxylic acids is 1. The van der Waals surface area contributed by atoms with Gasteiger partial charge in [-0.05, 0) is 12.8 Å². The minimum absolute atomic E-state index is 0.00411. The van der Waals surface area contributed by atoms with E-state index in [9.17, 15) is 30.3 Å². The van der Waals surface area contributed by atoms with Gasteiger partial charge in [-0.2, -0.15) is 0 Å². The minimum Gasteiger partial charge on any atom is -0.479 e. The van der Waals surface area contributed by atoms with Gasteiger partial charge in [0.1, 0.15) is 18.3 Å². The van der Waals surface area contributed by atoms with Crippen LogP contribution in [0.1, 0.15) is 78.1 Å². The van der Waals surface area contributed by atoms with Gasteiger partial charge in [0.05, 0.1) is 32.0 Å². The first-order valence-corrected chi connectivity index (χ1v) is 11.6. The van der Waals surface area contributed by atoms with Crippen molar-refractivity contribution in [2.24, 2.45) is 0 Å². The highest BCUT2D eigenvalue weighted by Gasteiger charge is 2.36. The molecule has 186 valence electrons. The van der Waals surface area contributed by atoms with Crippen molar-refractivity contribution < 1.29 is 44.9 Å². The highest BCUT2D eigenvalue weighted by atomic mass is 16.6. The van der Waals surface area contributed by atoms with Gasteiger partial charge in [0, 0.05) is 0 Å². The molecule has 0 fully saturated rings. The molecule has 0 heterocycles. The number of carboxylic acid groups (broad SMARTS) is 1. The van der Waals surface area contributed by atoms with Gasteiger partial charge in [0.25, 0.3) is 0 Å². The molecule has 0 aliphatic carbocycles. The van der Waals surface area contributed by atoms with Gasteiger partial charge in [-0.15, -0.1) is 0 Å². The Balaban J connectivity index is 4.63. The third-order valence-corrected chi connectivity index (χ3v) is 5.18. The lowest BCUT2D eigenvalue weighted by molar-refractivity contribution is -0.173. The summed E-state index contributed by atoms with van der Waals surface area (Å²) < 4.78 is 10.9. The fourth-order valence-corrected chi connectivity index (χ4v) is 3.13. The van der Waals surface area contributed by atoms with Crippen LogP contribution in [0.4, 0.5) is 0 Å². The molecule has 0 bridgehead atoms. The van der Waals surface area contributed by atoms with E-state index in [0.717, 1.165) is 51.4 Å². The van der Waals surface area contributed by atoms with Gasteiger partial charge in [-0.25, -0.2) is 4.79 Å². The van der Waals surface area contributed by atoms with Crippen molar-refractivity contribution in [3.05, 3.63) is 0 Å². The first kappa shape index (κ1) is 30.2. The van der Waals surface area contributed by atoms with E-state index in [-0.39, 0.29) is 19.8 Å². The van der Waals surface area contributed by atoms with E-state index in [0.29, 0.717) is 12.8 Å². The minimum atomic E-state index is -2.19. The average Bonchev–Trinajstić information content (AvgIpc) is 2.74. The monoisotopic (exact) mass is 452 g/mol. The summed E-state index contributed by atoms with van der Waals surface area (Å²) in [6, 6.07) is 0. The van der Waals surface area contributed by atoms with Gasteiger partial charge in [0.15, 0.2) is 6.10 Å². The zero-order chi connectivity index (χ0) is 23.6. The number of unbranched alkanes of at least 4 members (excludes halogenated alkanes) is 6. The second kappa shape index (κ2) is 18.7. The molecule has 0 rings (SSSR count). The van der Waals surface area contributed by atoms with E-state index in [1.807, 2.05) is 0 Å². The predicted molar refractivity (Wildman–Crippen MR) is 116 cm³/mol. The van der Waals surface area contributed by atoms with Crippen LogP contribution in [0, 0.1) is 0 Å². The van der Waals surface area contributed by atoms with E-state index >= 15 is 0 Å². The summed E-state index contributed by atoms with van der Waals surface area (Å²) in [6.07, 6.45) is 0.555. The SMILES string of the molecule is CCCCCCC(O)COCC(OCC(O)CCCCCC)C(O)C(O)C(O)C(=O)O. The number of hydrogen-bond acceptors (Lipinski definition) is 8. The molecule has 0 saturated carbocycles. The molecule has 0 saturated heterocycles. The number of aliphatic carboxylic acids is 1. The van der Waals surface area contributed by atoms with Crippen LogP contribution >= 0.6 is 0 Å². The molecule has 0 amide bonds. The topological polar surface area (TPSA) is 157 Å². The Morgan fingerprint density at radius 1 is 0.710 bits per heavy atom. The van der Waals surface area contributed by atoms with Crippen molar-refractivity contribution >= 4 is 5.97 Å². The summed E-state index contributed by atoms with van der Waals surface area (Å²) in [5.41, 5.74) is 0. The number of carbonyl (C=O) groups is 1. The van der Waals surface area contributed by atoms with Crippen molar-refractivity contribution in [3.8, 4) is 0 Å². The fraction of sp³-hybridized carbons (Fsp3) is 0.955. The second-order valence-electron chi connectivity index (χ2n) is 8.18. The maximum Gasteiger partial charge on any atom is 0.335 e. The molecule has 6 N–H and O–H groups in total. The van der Waals surface area contributed by atoms with Crippen molar-refractivity contribution in [1.82, 2.24) is 0 Å². The fourth-order valence-electron chi connectivity index (χ4n) is 3.13. The molecule has 31 heavy (non-hydrogen) atoms. The largest absolute Gasteiger partial charge is 0.479 e. The van der Waals surface area contributed by atoms with Crippen LogP contribution in [-0.2, 0) is 14.3 Å². The van der Waals surface area contributed by atoms with E-state index < -0.39 is 42.6 Å². The molecule has 0 spiro atoms. The summed E-state index contributed by atoms with van der Waals surface area (Å²) >= 11 is 0. The van der Waals surface area contributed by atoms with E-state index in [2.05, 4.69) is 13.8 Å². The summed E-state index contributed by atoms with van der Waals surface area (Å²) in [5.74, 6) is -1.68. The Morgan fingerprint density at radius 2 is 1.23 bits per heavy atom. The molecule has 0 aromatic carbocycles. The molecular formula is C22H44O9. The number of rotatable bonds is 21. The first-order chi connectivity index (χ1) is 14.7. The lowest BCUT2D eigenvalue weighted by atomic mass is 10.0. The summed E-state index contributed by atoms with van der Waals surface area (Å²) in [6.45, 7) is 3.81. The van der Waals surface area contributed by atoms with Gasteiger partial charge in [-0.1, -0.05) is 65.2 Å². The van der Waals surface area contributed by atoms with Crippen LogP contribution in [0.15, 0.2) is 0 Å². The Hall–Kier alpha value is -0.810. The van der Waals surface area contributed by atoms with Gasteiger partial charge in [0.2, 0.25) is 0 Å². The summed E-state index contributed by atoms with van der Waals surface area (Å²) in [4.78, 5) is 10.9. The van der Waals surface area contributed by atoms with Crippen molar-refractivity contribution in [2.75, 3.05) is 19.8 Å². The first-order valence-electron chi connectivity index (χ1n) is 11.6. The molecule has 0 aliphatic rings. The highest BCUT2D eigenvalue weighted by Crippen LogP contribution is 2.13. The third-order valence-electron chi connectivity index (χ3n) is 5.18. The van der Waals surface area contributed by atoms with E-state index in [1.165, 1.54) is 0 Å². The lowest BCUT2D eigenvalue weighted by Gasteiger charge is -2.29. The van der Waals surface area contributed by atoms with Gasteiger partial charge < -0.3 is 40.1 Å². The Bertz CT molecular complexity index is 435. The maximum atomic E-state index is 10.9. The van der Waals surface area contributed by atoms with Crippen LogP contribution in [0.25, 0.3) is 0 Å². The van der Waals surface area contributed by atoms with Crippen LogP contribution < -0.4 is 0 Å². The summed E-state index contributed by atoms with van der Waals surface area (Å²) in [5, 5.41) is 58.7. The molecule has 6 atom stereocenters. The lowest BCUT2D eigenvalue weighted by Crippen LogP contribution is -2.50. The quantitative estimate of drug-likeness (QED) is 0.141. The van der Waals surface area contributed by atoms with Crippen LogP contribution in [0.5, 0.6) is 0 Å². The second-order valence-corrected chi connectivity index (χ2v) is 8.18. The molecule has 0 radical (unpaired) electrons. The molecular weight excluding hydrogens is 408 g/mol. The molecule has 0 aromatic heterocycles. The van der Waals surface area contributed by atoms with Crippen LogP contribution in [0.3, 0.4) is 0 Å². The third kappa shape index (κ3) is 14.8. The average molecular weight is 453 g/mol. The van der Waals surface area contributed by atoms with Crippen LogP contribution in [-0.4, -0.2) is 93.1 Å². The van der Waals surface area contributed by atoms with Crippen molar-refractivity contribution in [3.63, 3.8) is 0 Å². The zero-order valence-corrected chi connectivity index (χ0v) is 19.1. The van der Waals surface area contributed by atoms with E-state index in [1.54, 1.807) is 0 Å². The van der Waals surface area contributed by atoms with Gasteiger partial charge >= 0.3 is 5.97 Å². The normalized spacial score (nSPS) is 17.6. The number of ether oxygens (including phenoxy) is 2. The molecule has 6 unspecified atom stereocenters. The Kier molecular flexibility index (Phi) is 18.2. The molecule has 9 heteroatoms. The standard InChI is InChI=1S/C22H44O9/c1-3-5-7-9-11-16(23)13-30-15-18(19(25)20(26)21(27)22(28)29)31-14-17(24)12-10-8-6-4-2/h16-21,23-27H,3-15H2,1-2H3,(H,28,29). The van der Waals surface area contributed by atoms with Gasteiger partial charge in [-0.3, -0.25) is 0 Å². The Morgan fingerprint density at radius 3 is 1.71 bits per heavy atom. The van der Waals surface area contributed by atoms with Crippen LogP contribution in [0.2, 0.25) is 0 Å². The predicted octanol–water partition coefficient (Wildman–Crippen LogP) is 1.22. The number of hydrogen-bond donors (Lipinski definition) is 6. The molecule has 0 aromatic rings.